The van der Waals surface area contributed by atoms with E-state index in [1.807, 2.05) is 14.0 Å². The number of nitrogens with one attached hydrogen (secondary N) is 2. The fourth-order valence-electron chi connectivity index (χ4n) is 2.81. The molecule has 2 amide bonds. The van der Waals surface area contributed by atoms with Gasteiger partial charge in [0.2, 0.25) is 11.8 Å². The van der Waals surface area contributed by atoms with Crippen molar-refractivity contribution < 1.29 is 14.0 Å². The molecule has 0 spiro atoms. The Hall–Kier alpha value is -1.66. The van der Waals surface area contributed by atoms with Crippen LogP contribution in [0.4, 0.5) is 4.39 Å². The summed E-state index contributed by atoms with van der Waals surface area (Å²) < 4.78 is 12.9. The van der Waals surface area contributed by atoms with Gasteiger partial charge in [-0.15, -0.1) is 12.4 Å². The van der Waals surface area contributed by atoms with Gasteiger partial charge in [0.1, 0.15) is 5.82 Å². The van der Waals surface area contributed by atoms with E-state index in [1.54, 1.807) is 17.0 Å². The van der Waals surface area contributed by atoms with Crippen molar-refractivity contribution in [3.8, 4) is 0 Å². The van der Waals surface area contributed by atoms with Gasteiger partial charge in [-0.25, -0.2) is 4.39 Å². The summed E-state index contributed by atoms with van der Waals surface area (Å²) in [5.74, 6) is -0.462. The number of likely N-dealkylation sites (tertiary alicyclic amines) is 1. The third-order valence-electron chi connectivity index (χ3n) is 4.49. The maximum Gasteiger partial charge on any atom is 0.227 e. The number of hydrogen-bond donors (Lipinski definition) is 2. The number of benzene rings is 1. The molecule has 2 N–H and O–H groups in total. The Labute approximate surface area is 154 Å². The standard InChI is InChI=1S/C18H26FN3O2.ClH/c1-13(20-2)11-21-18(24)15-4-3-9-22(12-15)17(23)10-14-5-7-16(19)8-6-14;/h5-8,13,15,20H,3-4,9-12H2,1-2H3,(H,21,24);1H. The van der Waals surface area contributed by atoms with E-state index in [1.165, 1.54) is 12.1 Å². The number of hydrogen-bond acceptors (Lipinski definition) is 3. The van der Waals surface area contributed by atoms with Gasteiger partial charge in [-0.1, -0.05) is 12.1 Å². The van der Waals surface area contributed by atoms with Crippen LogP contribution in [0.3, 0.4) is 0 Å². The molecule has 0 aromatic heterocycles. The second kappa shape index (κ2) is 10.4. The Morgan fingerprint density at radius 3 is 2.64 bits per heavy atom. The molecule has 1 aromatic carbocycles. The highest BCUT2D eigenvalue weighted by Gasteiger charge is 2.28. The second-order valence-electron chi connectivity index (χ2n) is 6.42. The molecule has 0 bridgehead atoms. The Morgan fingerprint density at radius 1 is 1.32 bits per heavy atom. The molecule has 1 aliphatic rings. The van der Waals surface area contributed by atoms with Crippen LogP contribution in [0.15, 0.2) is 24.3 Å². The van der Waals surface area contributed by atoms with E-state index in [0.717, 1.165) is 18.4 Å². The maximum atomic E-state index is 12.9. The van der Waals surface area contributed by atoms with Gasteiger partial charge in [-0.2, -0.15) is 0 Å². The summed E-state index contributed by atoms with van der Waals surface area (Å²) in [7, 11) is 1.85. The first kappa shape index (κ1) is 21.4. The van der Waals surface area contributed by atoms with Crippen LogP contribution in [-0.2, 0) is 16.0 Å². The molecule has 5 nitrogen and oxygen atoms in total. The van der Waals surface area contributed by atoms with Crippen LogP contribution in [0, 0.1) is 11.7 Å². The number of rotatable bonds is 6. The Balaban J connectivity index is 0.00000312. The van der Waals surface area contributed by atoms with E-state index >= 15 is 0 Å². The predicted octanol–water partition coefficient (Wildman–Crippen LogP) is 1.75. The van der Waals surface area contributed by atoms with E-state index in [4.69, 9.17) is 0 Å². The molecule has 1 aliphatic heterocycles. The second-order valence-corrected chi connectivity index (χ2v) is 6.42. The van der Waals surface area contributed by atoms with Crippen LogP contribution in [-0.4, -0.2) is 49.4 Å². The first-order valence-corrected chi connectivity index (χ1v) is 8.46. The van der Waals surface area contributed by atoms with Crippen LogP contribution >= 0.6 is 12.4 Å². The summed E-state index contributed by atoms with van der Waals surface area (Å²) in [6.07, 6.45) is 1.88. The molecule has 7 heteroatoms. The van der Waals surface area contributed by atoms with Gasteiger partial charge in [0, 0.05) is 25.7 Å². The van der Waals surface area contributed by atoms with E-state index < -0.39 is 0 Å². The van der Waals surface area contributed by atoms with Crippen molar-refractivity contribution in [1.29, 1.82) is 0 Å². The molecule has 1 aromatic rings. The SMILES string of the molecule is CNC(C)CNC(=O)C1CCCN(C(=O)Cc2ccc(F)cc2)C1.Cl. The molecule has 0 radical (unpaired) electrons. The number of halogens is 2. The Morgan fingerprint density at radius 2 is 2.00 bits per heavy atom. The third-order valence-corrected chi connectivity index (χ3v) is 4.49. The zero-order valence-corrected chi connectivity index (χ0v) is 15.6. The van der Waals surface area contributed by atoms with Crippen molar-refractivity contribution in [2.45, 2.75) is 32.2 Å². The largest absolute Gasteiger partial charge is 0.354 e. The normalized spacial score (nSPS) is 18.2. The smallest absolute Gasteiger partial charge is 0.227 e. The summed E-state index contributed by atoms with van der Waals surface area (Å²) >= 11 is 0. The molecule has 1 heterocycles. The molecule has 0 aliphatic carbocycles. The van der Waals surface area contributed by atoms with Gasteiger partial charge < -0.3 is 15.5 Å². The molecule has 0 saturated carbocycles. The maximum absolute atomic E-state index is 12.9. The van der Waals surface area contributed by atoms with Crippen molar-refractivity contribution in [3.63, 3.8) is 0 Å². The quantitative estimate of drug-likeness (QED) is 0.801. The van der Waals surface area contributed by atoms with E-state index in [2.05, 4.69) is 10.6 Å². The zero-order valence-electron chi connectivity index (χ0n) is 14.8. The molecular formula is C18H27ClFN3O2. The van der Waals surface area contributed by atoms with Crippen LogP contribution in [0.25, 0.3) is 0 Å². The summed E-state index contributed by atoms with van der Waals surface area (Å²) in [6.45, 7) is 3.71. The van der Waals surface area contributed by atoms with Crippen LogP contribution in [0.2, 0.25) is 0 Å². The van der Waals surface area contributed by atoms with Gasteiger partial charge in [0.25, 0.3) is 0 Å². The number of likely N-dealkylation sites (N-methyl/N-ethyl adjacent to an activating group) is 1. The summed E-state index contributed by atoms with van der Waals surface area (Å²) in [5, 5.41) is 6.01. The number of amides is 2. The predicted molar refractivity (Wildman–Crippen MR) is 98.2 cm³/mol. The van der Waals surface area contributed by atoms with Gasteiger partial charge >= 0.3 is 0 Å². The Bertz CT molecular complexity index is 568. The number of carbonyl (C=O) groups excluding carboxylic acids is 2. The molecule has 2 unspecified atom stereocenters. The minimum atomic E-state index is -0.309. The van der Waals surface area contributed by atoms with Crippen LogP contribution in [0.5, 0.6) is 0 Å². The lowest BCUT2D eigenvalue weighted by Gasteiger charge is -2.32. The van der Waals surface area contributed by atoms with Crippen LogP contribution in [0.1, 0.15) is 25.3 Å². The van der Waals surface area contributed by atoms with E-state index in [9.17, 15) is 14.0 Å². The topological polar surface area (TPSA) is 61.4 Å². The van der Waals surface area contributed by atoms with E-state index in [-0.39, 0.29) is 48.4 Å². The lowest BCUT2D eigenvalue weighted by atomic mass is 9.96. The van der Waals surface area contributed by atoms with Crippen molar-refractivity contribution in [3.05, 3.63) is 35.6 Å². The highest BCUT2D eigenvalue weighted by Crippen LogP contribution is 2.18. The molecule has 140 valence electrons. The van der Waals surface area contributed by atoms with Crippen molar-refractivity contribution in [2.75, 3.05) is 26.7 Å². The highest BCUT2D eigenvalue weighted by atomic mass is 35.5. The number of nitrogens with zero attached hydrogens (tertiary/aromatic N) is 1. The fraction of sp³-hybridized carbons (Fsp3) is 0.556. The molecule has 2 rings (SSSR count). The number of piperidine rings is 1. The van der Waals surface area contributed by atoms with Crippen molar-refractivity contribution in [1.82, 2.24) is 15.5 Å². The summed E-state index contributed by atoms with van der Waals surface area (Å²) in [6, 6.07) is 6.19. The molecular weight excluding hydrogens is 345 g/mol. The van der Waals surface area contributed by atoms with Crippen LogP contribution < -0.4 is 10.6 Å². The summed E-state index contributed by atoms with van der Waals surface area (Å²) in [5.41, 5.74) is 0.788. The first-order valence-electron chi connectivity index (χ1n) is 8.46. The van der Waals surface area contributed by atoms with Gasteiger partial charge in [-0.3, -0.25) is 9.59 Å². The monoisotopic (exact) mass is 371 g/mol. The lowest BCUT2D eigenvalue weighted by molar-refractivity contribution is -0.135. The lowest BCUT2D eigenvalue weighted by Crippen LogP contribution is -2.47. The molecule has 1 saturated heterocycles. The Kier molecular flexibility index (Phi) is 8.86. The minimum Gasteiger partial charge on any atom is -0.354 e. The molecule has 1 fully saturated rings. The summed E-state index contributed by atoms with van der Waals surface area (Å²) in [4.78, 5) is 26.4. The van der Waals surface area contributed by atoms with Crippen molar-refractivity contribution in [2.24, 2.45) is 5.92 Å². The van der Waals surface area contributed by atoms with E-state index in [0.29, 0.717) is 19.6 Å². The average molecular weight is 372 g/mol. The zero-order chi connectivity index (χ0) is 17.5. The molecule has 25 heavy (non-hydrogen) atoms. The van der Waals surface area contributed by atoms with Gasteiger partial charge in [-0.05, 0) is 44.5 Å². The fourth-order valence-corrected chi connectivity index (χ4v) is 2.81. The third kappa shape index (κ3) is 6.63. The first-order chi connectivity index (χ1) is 11.5. The number of carbonyl (C=O) groups is 2. The molecule has 2 atom stereocenters. The van der Waals surface area contributed by atoms with Gasteiger partial charge in [0.15, 0.2) is 0 Å². The average Bonchev–Trinajstić information content (AvgIpc) is 2.61. The van der Waals surface area contributed by atoms with Gasteiger partial charge in [0.05, 0.1) is 12.3 Å². The highest BCUT2D eigenvalue weighted by molar-refractivity contribution is 5.85. The van der Waals surface area contributed by atoms with Crippen molar-refractivity contribution >= 4 is 24.2 Å². The minimum absolute atomic E-state index is 0.